The van der Waals surface area contributed by atoms with Gasteiger partial charge in [-0.05, 0) is 12.5 Å². The van der Waals surface area contributed by atoms with Crippen molar-refractivity contribution in [2.75, 3.05) is 0 Å². The van der Waals surface area contributed by atoms with Crippen LogP contribution >= 0.6 is 0 Å². The molecule has 0 fully saturated rings. The minimum Gasteiger partial charge on any atom is -0.595 e. The highest BCUT2D eigenvalue weighted by Gasteiger charge is 2.19. The number of carbonyl (C=O) groups is 1. The summed E-state index contributed by atoms with van der Waals surface area (Å²) in [6, 6.07) is 11.9. The second kappa shape index (κ2) is 6.97. The van der Waals surface area contributed by atoms with E-state index >= 15 is 0 Å². The number of nitrogens with one attached hydrogen (secondary N) is 2. The van der Waals surface area contributed by atoms with Crippen LogP contribution in [0.15, 0.2) is 48.5 Å². The van der Waals surface area contributed by atoms with Crippen LogP contribution in [0, 0.1) is 15.3 Å². The fourth-order valence-electron chi connectivity index (χ4n) is 2.08. The van der Waals surface area contributed by atoms with E-state index < -0.39 is 21.7 Å². The molecule has 3 N–H and O–H groups in total. The highest BCUT2D eigenvalue weighted by molar-refractivity contribution is 5.95. The lowest BCUT2D eigenvalue weighted by atomic mass is 10.1. The standard InChI is InChI=1S/C15H15N3O5/c1-10(11-5-3-2-4-6-11)16-15(19)12-7-13(17(20)21)9-14(8-12)18(22)23/h2-10,17,20H,1H3,(H,16,19). The molecule has 8 nitrogen and oxygen atoms in total. The lowest BCUT2D eigenvalue weighted by Gasteiger charge is -2.16. The molecule has 0 radical (unpaired) electrons. The van der Waals surface area contributed by atoms with Crippen molar-refractivity contribution in [2.24, 2.45) is 0 Å². The van der Waals surface area contributed by atoms with Crippen molar-refractivity contribution in [1.82, 2.24) is 5.32 Å². The van der Waals surface area contributed by atoms with Crippen LogP contribution in [0.1, 0.15) is 28.9 Å². The SMILES string of the molecule is CC(NC(=O)c1cc([N+](=O)[O-])cc([NH+]([O-])O)c1)c1ccccc1. The highest BCUT2D eigenvalue weighted by Crippen LogP contribution is 2.20. The van der Waals surface area contributed by atoms with Crippen LogP contribution in [0.25, 0.3) is 0 Å². The van der Waals surface area contributed by atoms with Gasteiger partial charge in [0, 0.05) is 12.1 Å². The first-order valence-electron chi connectivity index (χ1n) is 6.77. The first-order valence-corrected chi connectivity index (χ1v) is 6.77. The van der Waals surface area contributed by atoms with E-state index in [4.69, 9.17) is 5.21 Å². The molecule has 23 heavy (non-hydrogen) atoms. The molecule has 120 valence electrons. The largest absolute Gasteiger partial charge is 0.595 e. The summed E-state index contributed by atoms with van der Waals surface area (Å²) >= 11 is 0. The molecule has 0 saturated carbocycles. The molecule has 0 spiro atoms. The fourth-order valence-corrected chi connectivity index (χ4v) is 2.08. The zero-order valence-corrected chi connectivity index (χ0v) is 12.2. The van der Waals surface area contributed by atoms with Crippen molar-refractivity contribution in [2.45, 2.75) is 13.0 Å². The number of nitrogens with zero attached hydrogens (tertiary/aromatic N) is 1. The van der Waals surface area contributed by atoms with Gasteiger partial charge in [0.25, 0.3) is 11.6 Å². The maximum absolute atomic E-state index is 12.3. The highest BCUT2D eigenvalue weighted by atomic mass is 16.8. The van der Waals surface area contributed by atoms with E-state index in [-0.39, 0.29) is 17.3 Å². The first kappa shape index (κ1) is 16.6. The molecule has 0 aliphatic heterocycles. The van der Waals surface area contributed by atoms with Crippen LogP contribution in [0.3, 0.4) is 0 Å². The molecule has 2 unspecified atom stereocenters. The summed E-state index contributed by atoms with van der Waals surface area (Å²) in [5, 5.41) is 32.3. The quantitative estimate of drug-likeness (QED) is 0.570. The van der Waals surface area contributed by atoms with E-state index in [0.717, 1.165) is 23.8 Å². The van der Waals surface area contributed by atoms with Crippen molar-refractivity contribution < 1.29 is 20.2 Å². The molecule has 2 rings (SSSR count). The smallest absolute Gasteiger partial charge is 0.276 e. The van der Waals surface area contributed by atoms with Crippen molar-refractivity contribution in [3.63, 3.8) is 0 Å². The van der Waals surface area contributed by atoms with E-state index in [1.165, 1.54) is 0 Å². The maximum atomic E-state index is 12.3. The van der Waals surface area contributed by atoms with Gasteiger partial charge in [0.2, 0.25) is 0 Å². The third-order valence-corrected chi connectivity index (χ3v) is 3.28. The van der Waals surface area contributed by atoms with Crippen molar-refractivity contribution in [1.29, 1.82) is 0 Å². The molecule has 1 amide bonds. The van der Waals surface area contributed by atoms with Gasteiger partial charge in [-0.2, -0.15) is 5.23 Å². The number of non-ortho nitro benzene ring substituents is 1. The number of hydrogen-bond donors (Lipinski definition) is 3. The monoisotopic (exact) mass is 317 g/mol. The third-order valence-electron chi connectivity index (χ3n) is 3.28. The summed E-state index contributed by atoms with van der Waals surface area (Å²) < 4.78 is 0. The van der Waals surface area contributed by atoms with Gasteiger partial charge in [0.05, 0.1) is 22.6 Å². The van der Waals surface area contributed by atoms with Crippen LogP contribution < -0.4 is 10.5 Å². The molecule has 0 aliphatic carbocycles. The van der Waals surface area contributed by atoms with Gasteiger partial charge >= 0.3 is 0 Å². The van der Waals surface area contributed by atoms with Crippen LogP contribution in [0.4, 0.5) is 11.4 Å². The molecule has 0 aromatic heterocycles. The lowest BCUT2D eigenvalue weighted by molar-refractivity contribution is -0.991. The van der Waals surface area contributed by atoms with Crippen LogP contribution in [0.5, 0.6) is 0 Å². The average molecular weight is 317 g/mol. The van der Waals surface area contributed by atoms with E-state index in [2.05, 4.69) is 5.32 Å². The Hall–Kier alpha value is -2.81. The summed E-state index contributed by atoms with van der Waals surface area (Å²) in [7, 11) is 0. The number of hydrogen-bond acceptors (Lipinski definition) is 5. The van der Waals surface area contributed by atoms with Crippen LogP contribution in [0.2, 0.25) is 0 Å². The molecule has 0 saturated heterocycles. The maximum Gasteiger partial charge on any atom is 0.276 e. The summed E-state index contributed by atoms with van der Waals surface area (Å²) in [4.78, 5) is 22.4. The van der Waals surface area contributed by atoms with Gasteiger partial charge < -0.3 is 10.5 Å². The van der Waals surface area contributed by atoms with Crippen LogP contribution in [-0.4, -0.2) is 16.0 Å². The minimum atomic E-state index is -1.33. The van der Waals surface area contributed by atoms with Gasteiger partial charge in [-0.3, -0.25) is 14.9 Å². The fraction of sp³-hybridized carbons (Fsp3) is 0.133. The summed E-state index contributed by atoms with van der Waals surface area (Å²) in [6.07, 6.45) is 0. The number of quaternary nitrogens is 1. The number of amides is 1. The molecular weight excluding hydrogens is 302 g/mol. The Bertz CT molecular complexity index is 718. The Morgan fingerprint density at radius 3 is 2.48 bits per heavy atom. The normalized spacial score (nSPS) is 13.2. The van der Waals surface area contributed by atoms with Gasteiger partial charge in [0.15, 0.2) is 5.69 Å². The second-order valence-electron chi connectivity index (χ2n) is 4.94. The van der Waals surface area contributed by atoms with E-state index in [9.17, 15) is 20.1 Å². The average Bonchev–Trinajstić information content (AvgIpc) is 2.55. The summed E-state index contributed by atoms with van der Waals surface area (Å²) in [6.45, 7) is 1.77. The van der Waals surface area contributed by atoms with Gasteiger partial charge in [-0.25, -0.2) is 5.21 Å². The number of nitro benzene ring substituents is 1. The molecule has 0 aliphatic rings. The zero-order valence-electron chi connectivity index (χ0n) is 12.2. The molecule has 2 aromatic carbocycles. The number of carbonyl (C=O) groups excluding carboxylic acids is 1. The molecular formula is C15H15N3O5. The number of nitro groups is 1. The van der Waals surface area contributed by atoms with Crippen molar-refractivity contribution >= 4 is 17.3 Å². The molecule has 0 bridgehead atoms. The van der Waals surface area contributed by atoms with Crippen molar-refractivity contribution in [3.8, 4) is 0 Å². The second-order valence-corrected chi connectivity index (χ2v) is 4.94. The third kappa shape index (κ3) is 4.10. The topological polar surface area (TPSA) is 120 Å². The van der Waals surface area contributed by atoms with Gasteiger partial charge in [0.1, 0.15) is 0 Å². The Labute approximate surface area is 131 Å². The minimum absolute atomic E-state index is 0.0700. The Morgan fingerprint density at radius 1 is 1.26 bits per heavy atom. The molecule has 0 heterocycles. The van der Waals surface area contributed by atoms with E-state index in [1.54, 1.807) is 6.92 Å². The van der Waals surface area contributed by atoms with E-state index in [0.29, 0.717) is 0 Å². The Balaban J connectivity index is 2.26. The van der Waals surface area contributed by atoms with Crippen LogP contribution in [-0.2, 0) is 0 Å². The molecule has 2 aromatic rings. The molecule has 8 heteroatoms. The number of rotatable bonds is 5. The van der Waals surface area contributed by atoms with E-state index in [1.807, 2.05) is 30.3 Å². The number of benzene rings is 2. The molecule has 2 atom stereocenters. The lowest BCUT2D eigenvalue weighted by Crippen LogP contribution is -2.99. The predicted molar refractivity (Wildman–Crippen MR) is 81.2 cm³/mol. The summed E-state index contributed by atoms with van der Waals surface area (Å²) in [5.74, 6) is -0.576. The van der Waals surface area contributed by atoms with Gasteiger partial charge in [-0.15, -0.1) is 0 Å². The Kier molecular flexibility index (Phi) is 5.02. The first-order chi connectivity index (χ1) is 10.9. The predicted octanol–water partition coefficient (Wildman–Crippen LogP) is 1.49. The summed E-state index contributed by atoms with van der Waals surface area (Å²) in [5.41, 5.74) is 0.0447. The Morgan fingerprint density at radius 2 is 1.91 bits per heavy atom. The van der Waals surface area contributed by atoms with Gasteiger partial charge in [-0.1, -0.05) is 30.3 Å². The van der Waals surface area contributed by atoms with Crippen molar-refractivity contribution in [3.05, 3.63) is 75.0 Å². The zero-order chi connectivity index (χ0) is 17.0.